The number of nitriles is 1. The van der Waals surface area contributed by atoms with Crippen LogP contribution in [0.3, 0.4) is 0 Å². The molecule has 11 nitrogen and oxygen atoms in total. The number of hydrogen-bond acceptors (Lipinski definition) is 11. The predicted octanol–water partition coefficient (Wildman–Crippen LogP) is 5.65. The molecule has 6 heterocycles. The van der Waals surface area contributed by atoms with E-state index in [1.165, 1.54) is 0 Å². The van der Waals surface area contributed by atoms with E-state index in [4.69, 9.17) is 19.4 Å². The number of amides is 1. The summed E-state index contributed by atoms with van der Waals surface area (Å²) in [4.78, 5) is 33.4. The van der Waals surface area contributed by atoms with Gasteiger partial charge < -0.3 is 19.3 Å². The number of nitrogens with one attached hydrogen (secondary N) is 1. The zero-order valence-corrected chi connectivity index (χ0v) is 27.8. The van der Waals surface area contributed by atoms with E-state index in [0.29, 0.717) is 22.9 Å². The topological polar surface area (TPSA) is 120 Å². The summed E-state index contributed by atoms with van der Waals surface area (Å²) in [7, 11) is 2.14. The van der Waals surface area contributed by atoms with Crippen LogP contribution < -0.4 is 10.2 Å². The van der Waals surface area contributed by atoms with Crippen molar-refractivity contribution in [1.82, 2.24) is 24.8 Å². The number of carbonyl (C=O) groups is 1. The van der Waals surface area contributed by atoms with Gasteiger partial charge in [0.1, 0.15) is 22.2 Å². The van der Waals surface area contributed by atoms with Crippen molar-refractivity contribution in [1.29, 1.82) is 5.26 Å². The van der Waals surface area contributed by atoms with E-state index in [-0.39, 0.29) is 56.7 Å². The monoisotopic (exact) mass is 662 g/mol. The van der Waals surface area contributed by atoms with Gasteiger partial charge in [0.05, 0.1) is 35.4 Å². The third-order valence-corrected chi connectivity index (χ3v) is 10.3. The second-order valence-corrected chi connectivity index (χ2v) is 14.5. The summed E-state index contributed by atoms with van der Waals surface area (Å²) in [6, 6.07) is 2.59. The number of halogens is 2. The first kappa shape index (κ1) is 31.6. The van der Waals surface area contributed by atoms with E-state index in [9.17, 15) is 10.1 Å². The number of nitrogens with zero attached hydrogens (tertiary/aromatic N) is 7. The quantitative estimate of drug-likeness (QED) is 0.294. The molecule has 2 atom stereocenters. The molecule has 1 N–H and O–H groups in total. The molecule has 0 radical (unpaired) electrons. The molecule has 0 spiro atoms. The largest absolute Gasteiger partial charge is 0.444 e. The third-order valence-electron chi connectivity index (χ3n) is 9.18. The molecule has 3 aliphatic heterocycles. The number of hydrogen-bond donors (Lipinski definition) is 1. The minimum atomic E-state index is -0.795. The number of fused-ring (bicyclic) bond motifs is 4. The third kappa shape index (κ3) is 5.65. The summed E-state index contributed by atoms with van der Waals surface area (Å²) in [5.41, 5.74) is 0.749. The number of benzene rings is 1. The highest BCUT2D eigenvalue weighted by molar-refractivity contribution is 7.23. The van der Waals surface area contributed by atoms with Crippen LogP contribution in [0.4, 0.5) is 24.5 Å². The Bertz CT molecular complexity index is 1950. The minimum Gasteiger partial charge on any atom is -0.444 e. The van der Waals surface area contributed by atoms with Crippen LogP contribution in [-0.4, -0.2) is 88.3 Å². The van der Waals surface area contributed by atoms with Crippen LogP contribution in [-0.2, 0) is 22.7 Å². The van der Waals surface area contributed by atoms with Crippen LogP contribution in [0, 0.1) is 23.0 Å². The molecular formula is C33H36F2N8O3S. The summed E-state index contributed by atoms with van der Waals surface area (Å²) in [6.07, 6.45) is 2.84. The Kier molecular flexibility index (Phi) is 7.99. The van der Waals surface area contributed by atoms with Crippen molar-refractivity contribution in [3.05, 3.63) is 40.7 Å². The Hall–Kier alpha value is -4.03. The van der Waals surface area contributed by atoms with Crippen molar-refractivity contribution < 1.29 is 23.0 Å². The Morgan fingerprint density at radius 1 is 1.15 bits per heavy atom. The van der Waals surface area contributed by atoms with Crippen LogP contribution >= 0.6 is 11.3 Å². The molecule has 1 aromatic carbocycles. The maximum atomic E-state index is 17.0. The van der Waals surface area contributed by atoms with E-state index in [1.807, 2.05) is 0 Å². The lowest BCUT2D eigenvalue weighted by Crippen LogP contribution is -2.49. The van der Waals surface area contributed by atoms with Gasteiger partial charge >= 0.3 is 6.09 Å². The van der Waals surface area contributed by atoms with Gasteiger partial charge in [-0.3, -0.25) is 15.2 Å². The lowest BCUT2D eigenvalue weighted by atomic mass is 9.94. The van der Waals surface area contributed by atoms with Crippen molar-refractivity contribution in [2.24, 2.45) is 0 Å². The van der Waals surface area contributed by atoms with Gasteiger partial charge in [-0.05, 0) is 52.3 Å². The highest BCUT2D eigenvalue weighted by atomic mass is 32.1. The smallest absolute Gasteiger partial charge is 0.412 e. The fourth-order valence-electron chi connectivity index (χ4n) is 6.87. The van der Waals surface area contributed by atoms with Gasteiger partial charge in [-0.1, -0.05) is 0 Å². The van der Waals surface area contributed by atoms with Crippen LogP contribution in [0.5, 0.6) is 0 Å². The first-order valence-corrected chi connectivity index (χ1v) is 16.5. The van der Waals surface area contributed by atoms with Gasteiger partial charge in [-0.15, -0.1) is 11.3 Å². The Labute approximate surface area is 275 Å². The fraction of sp³-hybridized carbons (Fsp3) is 0.485. The molecule has 3 aromatic heterocycles. The SMILES string of the molecule is C[C@H]1C[C@H](N2CCN(C)CC2)CN1c1ncc2c3c(c(-c4ncc(F)c5sc(NC(=O)OC(C)(C)C)c(C#N)c45)c(F)c2n1)COC3. The van der Waals surface area contributed by atoms with E-state index >= 15 is 8.78 Å². The molecule has 0 saturated carbocycles. The number of rotatable bonds is 4. The van der Waals surface area contributed by atoms with E-state index in [0.717, 1.165) is 62.2 Å². The molecular weight excluding hydrogens is 626 g/mol. The summed E-state index contributed by atoms with van der Waals surface area (Å²) in [6.45, 7) is 12.4. The summed E-state index contributed by atoms with van der Waals surface area (Å²) in [5.74, 6) is -0.897. The molecule has 2 fully saturated rings. The van der Waals surface area contributed by atoms with Crippen LogP contribution in [0.25, 0.3) is 32.2 Å². The normalized spacial score (nSPS) is 20.6. The van der Waals surface area contributed by atoms with Gasteiger partial charge in [0.2, 0.25) is 5.95 Å². The summed E-state index contributed by atoms with van der Waals surface area (Å²) >= 11 is 0.870. The van der Waals surface area contributed by atoms with Gasteiger partial charge in [0.25, 0.3) is 0 Å². The van der Waals surface area contributed by atoms with Crippen molar-refractivity contribution in [3.8, 4) is 17.3 Å². The first-order chi connectivity index (χ1) is 22.4. The van der Waals surface area contributed by atoms with Gasteiger partial charge in [0, 0.05) is 67.3 Å². The molecule has 3 aliphatic rings. The Morgan fingerprint density at radius 3 is 2.62 bits per heavy atom. The number of anilines is 2. The number of piperazine rings is 1. The van der Waals surface area contributed by atoms with E-state index in [2.05, 4.69) is 45.0 Å². The lowest BCUT2D eigenvalue weighted by Gasteiger charge is -2.36. The average molecular weight is 663 g/mol. The second kappa shape index (κ2) is 11.9. The Balaban J connectivity index is 1.33. The zero-order valence-electron chi connectivity index (χ0n) is 27.0. The van der Waals surface area contributed by atoms with Gasteiger partial charge in [-0.2, -0.15) is 5.26 Å². The molecule has 7 rings (SSSR count). The van der Waals surface area contributed by atoms with Crippen LogP contribution in [0.15, 0.2) is 12.4 Å². The number of carbonyl (C=O) groups excluding carboxylic acids is 1. The average Bonchev–Trinajstić information content (AvgIpc) is 3.75. The minimum absolute atomic E-state index is 0.0331. The number of likely N-dealkylation sites (N-methyl/N-ethyl adjacent to an activating group) is 1. The fourth-order valence-corrected chi connectivity index (χ4v) is 7.91. The van der Waals surface area contributed by atoms with Crippen molar-refractivity contribution in [2.45, 2.75) is 65.0 Å². The molecule has 0 aliphatic carbocycles. The number of thiophene rings is 1. The van der Waals surface area contributed by atoms with Crippen molar-refractivity contribution >= 4 is 49.4 Å². The van der Waals surface area contributed by atoms with Crippen LogP contribution in [0.2, 0.25) is 0 Å². The van der Waals surface area contributed by atoms with E-state index < -0.39 is 23.3 Å². The summed E-state index contributed by atoms with van der Waals surface area (Å²) in [5, 5.41) is 13.5. The highest BCUT2D eigenvalue weighted by Crippen LogP contribution is 2.46. The van der Waals surface area contributed by atoms with Gasteiger partial charge in [0.15, 0.2) is 11.6 Å². The highest BCUT2D eigenvalue weighted by Gasteiger charge is 2.36. The predicted molar refractivity (Wildman–Crippen MR) is 175 cm³/mol. The van der Waals surface area contributed by atoms with Gasteiger partial charge in [-0.25, -0.2) is 23.5 Å². The number of ether oxygens (including phenoxy) is 2. The standard InChI is InChI=1S/C33H36F2N8O3S/c1-17-10-18(42-8-6-41(5)7-9-42)14-43(17)31-38-12-20-21-15-45-16-22(21)24(26(35)27(20)39-31)28-25-19(11-36)30(40-32(44)46-33(2,3)4)47-29(25)23(34)13-37-28/h12-13,17-18H,6-10,14-16H2,1-5H3,(H,40,44)/t17-,18-/m0/s1. The van der Waals surface area contributed by atoms with Crippen molar-refractivity contribution in [2.75, 3.05) is 50.0 Å². The first-order valence-electron chi connectivity index (χ1n) is 15.7. The van der Waals surface area contributed by atoms with Crippen molar-refractivity contribution in [3.63, 3.8) is 0 Å². The molecule has 0 bridgehead atoms. The van der Waals surface area contributed by atoms with Crippen LogP contribution in [0.1, 0.15) is 50.8 Å². The molecule has 0 unspecified atom stereocenters. The molecule has 246 valence electrons. The zero-order chi connectivity index (χ0) is 33.2. The maximum Gasteiger partial charge on any atom is 0.412 e. The molecule has 4 aromatic rings. The molecule has 14 heteroatoms. The lowest BCUT2D eigenvalue weighted by molar-refractivity contribution is 0.0636. The molecule has 2 saturated heterocycles. The number of pyridine rings is 1. The summed E-state index contributed by atoms with van der Waals surface area (Å²) < 4.78 is 43.4. The molecule has 1 amide bonds. The van der Waals surface area contributed by atoms with E-state index in [1.54, 1.807) is 27.0 Å². The second-order valence-electron chi connectivity index (χ2n) is 13.5. The Morgan fingerprint density at radius 2 is 1.89 bits per heavy atom. The number of aromatic nitrogens is 3. The maximum absolute atomic E-state index is 17.0. The molecule has 47 heavy (non-hydrogen) atoms.